The summed E-state index contributed by atoms with van der Waals surface area (Å²) < 4.78 is 6.90. The Morgan fingerprint density at radius 2 is 2.23 bits per heavy atom. The monoisotopic (exact) mass is 315 g/mol. The molecule has 22 heavy (non-hydrogen) atoms. The van der Waals surface area contributed by atoms with E-state index in [2.05, 4.69) is 16.9 Å². The van der Waals surface area contributed by atoms with E-state index >= 15 is 0 Å². The lowest BCUT2D eigenvalue weighted by Crippen LogP contribution is -2.23. The summed E-state index contributed by atoms with van der Waals surface area (Å²) in [4.78, 5) is 21.5. The highest BCUT2D eigenvalue weighted by atomic mass is 32.1. The molecular weight excluding hydrogens is 298 g/mol. The maximum absolute atomic E-state index is 12.6. The van der Waals surface area contributed by atoms with Gasteiger partial charge in [-0.15, -0.1) is 11.3 Å². The SMILES string of the molecule is COc1cccc2c(=O)n(CC(C)c3nc(C)cs3)cnc12. The van der Waals surface area contributed by atoms with E-state index in [1.165, 1.54) is 0 Å². The summed E-state index contributed by atoms with van der Waals surface area (Å²) in [5, 5.41) is 3.64. The van der Waals surface area contributed by atoms with Gasteiger partial charge in [0.15, 0.2) is 0 Å². The van der Waals surface area contributed by atoms with Crippen molar-refractivity contribution in [2.45, 2.75) is 26.3 Å². The third-order valence-corrected chi connectivity index (χ3v) is 4.76. The third kappa shape index (κ3) is 2.62. The highest BCUT2D eigenvalue weighted by Crippen LogP contribution is 2.23. The lowest BCUT2D eigenvalue weighted by atomic mass is 10.2. The van der Waals surface area contributed by atoms with E-state index < -0.39 is 0 Å². The second-order valence-corrected chi connectivity index (χ2v) is 6.18. The molecule has 0 bridgehead atoms. The summed E-state index contributed by atoms with van der Waals surface area (Å²) in [5.41, 5.74) is 1.56. The van der Waals surface area contributed by atoms with E-state index in [-0.39, 0.29) is 11.5 Å². The lowest BCUT2D eigenvalue weighted by Gasteiger charge is -2.12. The molecule has 5 nitrogen and oxygen atoms in total. The number of para-hydroxylation sites is 1. The molecule has 0 radical (unpaired) electrons. The van der Waals surface area contributed by atoms with Gasteiger partial charge in [-0.3, -0.25) is 9.36 Å². The molecule has 2 aromatic heterocycles. The molecule has 0 saturated heterocycles. The molecule has 3 aromatic rings. The van der Waals surface area contributed by atoms with Gasteiger partial charge in [0.2, 0.25) is 0 Å². The Morgan fingerprint density at radius 1 is 1.41 bits per heavy atom. The van der Waals surface area contributed by atoms with Crippen molar-refractivity contribution in [3.63, 3.8) is 0 Å². The van der Waals surface area contributed by atoms with Crippen molar-refractivity contribution in [1.29, 1.82) is 0 Å². The van der Waals surface area contributed by atoms with Crippen LogP contribution in [-0.2, 0) is 6.54 Å². The van der Waals surface area contributed by atoms with E-state index in [1.54, 1.807) is 41.5 Å². The zero-order valence-electron chi connectivity index (χ0n) is 12.7. The highest BCUT2D eigenvalue weighted by Gasteiger charge is 2.13. The largest absolute Gasteiger partial charge is 0.494 e. The molecule has 0 aliphatic carbocycles. The zero-order valence-corrected chi connectivity index (χ0v) is 13.6. The van der Waals surface area contributed by atoms with Gasteiger partial charge in [0, 0.05) is 23.5 Å². The molecule has 3 rings (SSSR count). The second-order valence-electron chi connectivity index (χ2n) is 5.29. The summed E-state index contributed by atoms with van der Waals surface area (Å²) >= 11 is 1.63. The second kappa shape index (κ2) is 5.88. The van der Waals surface area contributed by atoms with Crippen molar-refractivity contribution in [3.8, 4) is 5.75 Å². The number of hydrogen-bond donors (Lipinski definition) is 0. The number of rotatable bonds is 4. The van der Waals surface area contributed by atoms with Crippen LogP contribution in [0.4, 0.5) is 0 Å². The number of aryl methyl sites for hydroxylation is 1. The first kappa shape index (κ1) is 14.7. The van der Waals surface area contributed by atoms with E-state index in [1.807, 2.05) is 18.4 Å². The Kier molecular flexibility index (Phi) is 3.94. The summed E-state index contributed by atoms with van der Waals surface area (Å²) in [6, 6.07) is 5.39. The normalized spacial score (nSPS) is 12.5. The molecule has 1 atom stereocenters. The third-order valence-electron chi connectivity index (χ3n) is 3.57. The maximum Gasteiger partial charge on any atom is 0.261 e. The van der Waals surface area contributed by atoms with Gasteiger partial charge in [0.05, 0.1) is 23.8 Å². The smallest absolute Gasteiger partial charge is 0.261 e. The molecule has 0 amide bonds. The van der Waals surface area contributed by atoms with Gasteiger partial charge < -0.3 is 4.74 Å². The van der Waals surface area contributed by atoms with Crippen molar-refractivity contribution in [2.75, 3.05) is 7.11 Å². The van der Waals surface area contributed by atoms with Crippen LogP contribution in [0, 0.1) is 6.92 Å². The summed E-state index contributed by atoms with van der Waals surface area (Å²) in [6.45, 7) is 4.61. The van der Waals surface area contributed by atoms with Gasteiger partial charge in [-0.05, 0) is 19.1 Å². The fraction of sp³-hybridized carbons (Fsp3) is 0.312. The van der Waals surface area contributed by atoms with Crippen LogP contribution < -0.4 is 10.3 Å². The number of aromatic nitrogens is 3. The zero-order chi connectivity index (χ0) is 15.7. The van der Waals surface area contributed by atoms with E-state index in [9.17, 15) is 4.79 Å². The standard InChI is InChI=1S/C16H17N3O2S/c1-10(15-18-11(2)8-22-15)7-19-9-17-14-12(16(19)20)5-4-6-13(14)21-3/h4-6,8-10H,7H2,1-3H3. The molecule has 1 aromatic carbocycles. The van der Waals surface area contributed by atoms with E-state index in [0.717, 1.165) is 10.7 Å². The molecule has 2 heterocycles. The Bertz CT molecular complexity index is 869. The first-order chi connectivity index (χ1) is 10.6. The highest BCUT2D eigenvalue weighted by molar-refractivity contribution is 7.09. The maximum atomic E-state index is 12.6. The predicted octanol–water partition coefficient (Wildman–Crippen LogP) is 2.97. The Morgan fingerprint density at radius 3 is 2.91 bits per heavy atom. The van der Waals surface area contributed by atoms with Crippen LogP contribution in [0.15, 0.2) is 34.7 Å². The quantitative estimate of drug-likeness (QED) is 0.743. The lowest BCUT2D eigenvalue weighted by molar-refractivity contribution is 0.418. The first-order valence-corrected chi connectivity index (χ1v) is 7.92. The Hall–Kier alpha value is -2.21. The van der Waals surface area contributed by atoms with Crippen LogP contribution in [0.5, 0.6) is 5.75 Å². The van der Waals surface area contributed by atoms with Crippen LogP contribution in [0.2, 0.25) is 0 Å². The van der Waals surface area contributed by atoms with Crippen LogP contribution in [-0.4, -0.2) is 21.6 Å². The molecule has 1 unspecified atom stereocenters. The van der Waals surface area contributed by atoms with Crippen molar-refractivity contribution < 1.29 is 4.74 Å². The average molecular weight is 315 g/mol. The molecule has 6 heteroatoms. The van der Waals surface area contributed by atoms with Gasteiger partial charge >= 0.3 is 0 Å². The number of fused-ring (bicyclic) bond motifs is 1. The van der Waals surface area contributed by atoms with Crippen LogP contribution >= 0.6 is 11.3 Å². The van der Waals surface area contributed by atoms with Crippen LogP contribution in [0.3, 0.4) is 0 Å². The topological polar surface area (TPSA) is 57.0 Å². The number of hydrogen-bond acceptors (Lipinski definition) is 5. The molecule has 0 aliphatic rings. The van der Waals surface area contributed by atoms with Crippen molar-refractivity contribution in [3.05, 3.63) is 51.0 Å². The minimum Gasteiger partial charge on any atom is -0.494 e. The Balaban J connectivity index is 1.98. The molecular formula is C16H17N3O2S. The fourth-order valence-electron chi connectivity index (χ4n) is 2.43. The van der Waals surface area contributed by atoms with Crippen molar-refractivity contribution >= 4 is 22.2 Å². The molecule has 0 saturated carbocycles. The average Bonchev–Trinajstić information content (AvgIpc) is 2.96. The Labute approximate surface area is 132 Å². The van der Waals surface area contributed by atoms with Gasteiger partial charge in [-0.25, -0.2) is 9.97 Å². The van der Waals surface area contributed by atoms with E-state index in [0.29, 0.717) is 23.2 Å². The molecule has 114 valence electrons. The molecule has 0 fully saturated rings. The predicted molar refractivity (Wildman–Crippen MR) is 87.8 cm³/mol. The summed E-state index contributed by atoms with van der Waals surface area (Å²) in [6.07, 6.45) is 1.59. The van der Waals surface area contributed by atoms with Crippen LogP contribution in [0.25, 0.3) is 10.9 Å². The van der Waals surface area contributed by atoms with E-state index in [4.69, 9.17) is 4.74 Å². The number of benzene rings is 1. The minimum atomic E-state index is -0.0518. The van der Waals surface area contributed by atoms with Crippen LogP contribution in [0.1, 0.15) is 23.5 Å². The van der Waals surface area contributed by atoms with Gasteiger partial charge in [0.1, 0.15) is 11.3 Å². The number of thiazole rings is 1. The summed E-state index contributed by atoms with van der Waals surface area (Å²) in [7, 11) is 1.58. The fourth-order valence-corrected chi connectivity index (χ4v) is 3.28. The number of ether oxygens (including phenoxy) is 1. The molecule has 0 spiro atoms. The van der Waals surface area contributed by atoms with Gasteiger partial charge in [-0.2, -0.15) is 0 Å². The van der Waals surface area contributed by atoms with Crippen molar-refractivity contribution in [2.24, 2.45) is 0 Å². The minimum absolute atomic E-state index is 0.0518. The van der Waals surface area contributed by atoms with Crippen molar-refractivity contribution in [1.82, 2.24) is 14.5 Å². The first-order valence-electron chi connectivity index (χ1n) is 7.04. The number of nitrogens with zero attached hydrogens (tertiary/aromatic N) is 3. The van der Waals surface area contributed by atoms with Gasteiger partial charge in [0.25, 0.3) is 5.56 Å². The summed E-state index contributed by atoms with van der Waals surface area (Å²) in [5.74, 6) is 0.784. The van der Waals surface area contributed by atoms with Gasteiger partial charge in [-0.1, -0.05) is 13.0 Å². The molecule has 0 aliphatic heterocycles. The number of methoxy groups -OCH3 is 1. The molecule has 0 N–H and O–H groups in total.